The summed E-state index contributed by atoms with van der Waals surface area (Å²) in [5, 5.41) is 10.3. The highest BCUT2D eigenvalue weighted by Crippen LogP contribution is 2.16. The van der Waals surface area contributed by atoms with Crippen LogP contribution in [0, 0.1) is 13.8 Å². The number of hydrogen-bond donors (Lipinski definition) is 1. The van der Waals surface area contributed by atoms with Gasteiger partial charge in [-0.3, -0.25) is 4.57 Å². The monoisotopic (exact) mass is 286 g/mol. The van der Waals surface area contributed by atoms with Crippen LogP contribution in [0.15, 0.2) is 35.1 Å². The zero-order valence-electron chi connectivity index (χ0n) is 12.8. The topological polar surface area (TPSA) is 55.1 Å². The number of aliphatic hydroxyl groups excluding tert-OH is 1. The molecule has 1 aromatic carbocycles. The molecule has 2 aromatic rings. The van der Waals surface area contributed by atoms with Crippen LogP contribution < -0.4 is 5.69 Å². The summed E-state index contributed by atoms with van der Waals surface area (Å²) in [5.41, 5.74) is 3.29. The molecule has 2 rings (SSSR count). The number of aryl methyl sites for hydroxylation is 3. The van der Waals surface area contributed by atoms with Gasteiger partial charge in [-0.1, -0.05) is 37.6 Å². The van der Waals surface area contributed by atoms with E-state index in [1.807, 2.05) is 37.3 Å². The van der Waals surface area contributed by atoms with E-state index in [9.17, 15) is 9.90 Å². The first-order chi connectivity index (χ1) is 10.0. The van der Waals surface area contributed by atoms with Gasteiger partial charge >= 0.3 is 5.69 Å². The van der Waals surface area contributed by atoms with Crippen LogP contribution in [-0.4, -0.2) is 14.7 Å². The summed E-state index contributed by atoms with van der Waals surface area (Å²) in [6.45, 7) is 6.02. The molecule has 0 bridgehead atoms. The number of nitrogens with zero attached hydrogens (tertiary/aromatic N) is 2. The minimum Gasteiger partial charge on any atom is -0.387 e. The minimum absolute atomic E-state index is 0.227. The molecule has 1 unspecified atom stereocenters. The number of aliphatic hydroxyl groups is 1. The average Bonchev–Trinajstić information content (AvgIpc) is 2.43. The Morgan fingerprint density at radius 1 is 1.24 bits per heavy atom. The molecule has 0 aliphatic rings. The molecule has 0 fully saturated rings. The van der Waals surface area contributed by atoms with E-state index < -0.39 is 6.10 Å². The van der Waals surface area contributed by atoms with E-state index in [0.717, 1.165) is 24.1 Å². The van der Waals surface area contributed by atoms with Crippen LogP contribution in [0.5, 0.6) is 0 Å². The number of hydrogen-bond acceptors (Lipinski definition) is 3. The molecule has 1 N–H and O–H groups in total. The van der Waals surface area contributed by atoms with Crippen LogP contribution in [0.1, 0.15) is 42.0 Å². The number of benzene rings is 1. The Morgan fingerprint density at radius 2 is 1.90 bits per heavy atom. The largest absolute Gasteiger partial charge is 0.387 e. The van der Waals surface area contributed by atoms with E-state index in [1.54, 1.807) is 6.92 Å². The lowest BCUT2D eigenvalue weighted by atomic mass is 10.0. The quantitative estimate of drug-likeness (QED) is 0.919. The second kappa shape index (κ2) is 6.68. The number of aromatic nitrogens is 2. The molecule has 1 aromatic heterocycles. The fourth-order valence-corrected chi connectivity index (χ4v) is 2.47. The molecule has 112 valence electrons. The second-order valence-electron chi connectivity index (χ2n) is 5.44. The Labute approximate surface area is 125 Å². The van der Waals surface area contributed by atoms with Crippen LogP contribution in [0.3, 0.4) is 0 Å². The summed E-state index contributed by atoms with van der Waals surface area (Å²) in [6, 6.07) is 9.77. The summed E-state index contributed by atoms with van der Waals surface area (Å²) in [6.07, 6.45) is 1.43. The third kappa shape index (κ3) is 3.79. The van der Waals surface area contributed by atoms with Crippen molar-refractivity contribution in [3.05, 3.63) is 63.3 Å². The van der Waals surface area contributed by atoms with Gasteiger partial charge in [0.1, 0.15) is 0 Å². The summed E-state index contributed by atoms with van der Waals surface area (Å²) < 4.78 is 1.51. The second-order valence-corrected chi connectivity index (χ2v) is 5.44. The van der Waals surface area contributed by atoms with Crippen molar-refractivity contribution in [2.45, 2.75) is 46.3 Å². The van der Waals surface area contributed by atoms with Gasteiger partial charge in [0.2, 0.25) is 0 Å². The van der Waals surface area contributed by atoms with Gasteiger partial charge < -0.3 is 5.11 Å². The summed E-state index contributed by atoms with van der Waals surface area (Å²) in [5.74, 6) is 0. The third-order valence-electron chi connectivity index (χ3n) is 3.61. The molecule has 0 saturated carbocycles. The predicted octanol–water partition coefficient (Wildman–Crippen LogP) is 2.55. The zero-order valence-corrected chi connectivity index (χ0v) is 12.8. The van der Waals surface area contributed by atoms with Crippen molar-refractivity contribution >= 4 is 0 Å². The first-order valence-corrected chi connectivity index (χ1v) is 7.33. The lowest BCUT2D eigenvalue weighted by Gasteiger charge is -2.15. The Morgan fingerprint density at radius 3 is 2.48 bits per heavy atom. The average molecular weight is 286 g/mol. The molecule has 0 radical (unpaired) electrons. The van der Waals surface area contributed by atoms with E-state index in [-0.39, 0.29) is 12.2 Å². The molecule has 4 nitrogen and oxygen atoms in total. The van der Waals surface area contributed by atoms with Gasteiger partial charge in [-0.2, -0.15) is 4.98 Å². The third-order valence-corrected chi connectivity index (χ3v) is 3.61. The molecule has 1 atom stereocenters. The SMILES string of the molecule is CCCc1ccc(C(O)Cn2c(C)cc(C)nc2=O)cc1. The first-order valence-electron chi connectivity index (χ1n) is 7.33. The summed E-state index contributed by atoms with van der Waals surface area (Å²) >= 11 is 0. The molecule has 0 amide bonds. The van der Waals surface area contributed by atoms with Crippen molar-refractivity contribution in [1.29, 1.82) is 0 Å². The van der Waals surface area contributed by atoms with Crippen LogP contribution in [0.25, 0.3) is 0 Å². The normalized spacial score (nSPS) is 12.4. The molecule has 21 heavy (non-hydrogen) atoms. The van der Waals surface area contributed by atoms with Crippen molar-refractivity contribution in [3.8, 4) is 0 Å². The Bertz CT molecular complexity index is 659. The molecule has 0 spiro atoms. The molecular formula is C17H22N2O2. The fraction of sp³-hybridized carbons (Fsp3) is 0.412. The molecule has 0 aliphatic carbocycles. The van der Waals surface area contributed by atoms with Crippen LogP contribution >= 0.6 is 0 Å². The Hall–Kier alpha value is -1.94. The molecule has 0 saturated heterocycles. The van der Waals surface area contributed by atoms with Crippen LogP contribution in [0.4, 0.5) is 0 Å². The fourth-order valence-electron chi connectivity index (χ4n) is 2.47. The van der Waals surface area contributed by atoms with E-state index in [0.29, 0.717) is 5.69 Å². The van der Waals surface area contributed by atoms with Gasteiger partial charge in [0.25, 0.3) is 0 Å². The van der Waals surface area contributed by atoms with Crippen molar-refractivity contribution in [2.24, 2.45) is 0 Å². The maximum atomic E-state index is 11.9. The van der Waals surface area contributed by atoms with Crippen LogP contribution in [-0.2, 0) is 13.0 Å². The van der Waals surface area contributed by atoms with Gasteiger partial charge in [-0.05, 0) is 37.5 Å². The van der Waals surface area contributed by atoms with E-state index >= 15 is 0 Å². The van der Waals surface area contributed by atoms with Crippen molar-refractivity contribution in [3.63, 3.8) is 0 Å². The predicted molar refractivity (Wildman–Crippen MR) is 83.4 cm³/mol. The van der Waals surface area contributed by atoms with E-state index in [1.165, 1.54) is 10.1 Å². The van der Waals surface area contributed by atoms with Crippen molar-refractivity contribution in [1.82, 2.24) is 9.55 Å². The van der Waals surface area contributed by atoms with E-state index in [4.69, 9.17) is 0 Å². The highest BCUT2D eigenvalue weighted by atomic mass is 16.3. The van der Waals surface area contributed by atoms with Gasteiger partial charge in [0, 0.05) is 11.4 Å². The number of rotatable bonds is 5. The zero-order chi connectivity index (χ0) is 15.4. The molecular weight excluding hydrogens is 264 g/mol. The standard InChI is InChI=1S/C17H22N2O2/c1-4-5-14-6-8-15(9-7-14)16(20)11-19-13(3)10-12(2)18-17(19)21/h6-10,16,20H,4-5,11H2,1-3H3. The molecule has 0 aliphatic heterocycles. The molecule has 4 heteroatoms. The van der Waals surface area contributed by atoms with Gasteiger partial charge in [-0.15, -0.1) is 0 Å². The summed E-state index contributed by atoms with van der Waals surface area (Å²) in [4.78, 5) is 15.8. The maximum absolute atomic E-state index is 11.9. The van der Waals surface area contributed by atoms with Gasteiger partial charge in [0.15, 0.2) is 0 Å². The minimum atomic E-state index is -0.707. The lowest BCUT2D eigenvalue weighted by Crippen LogP contribution is -2.28. The first kappa shape index (κ1) is 15.4. The lowest BCUT2D eigenvalue weighted by molar-refractivity contribution is 0.153. The Kier molecular flexibility index (Phi) is 4.91. The van der Waals surface area contributed by atoms with Gasteiger partial charge in [0.05, 0.1) is 12.6 Å². The highest BCUT2D eigenvalue weighted by Gasteiger charge is 2.11. The van der Waals surface area contributed by atoms with Crippen molar-refractivity contribution < 1.29 is 5.11 Å². The smallest absolute Gasteiger partial charge is 0.348 e. The summed E-state index contributed by atoms with van der Waals surface area (Å²) in [7, 11) is 0. The highest BCUT2D eigenvalue weighted by molar-refractivity contribution is 5.24. The van der Waals surface area contributed by atoms with Crippen molar-refractivity contribution in [2.75, 3.05) is 0 Å². The maximum Gasteiger partial charge on any atom is 0.348 e. The Balaban J connectivity index is 2.18. The van der Waals surface area contributed by atoms with E-state index in [2.05, 4.69) is 11.9 Å². The molecule has 1 heterocycles. The van der Waals surface area contributed by atoms with Gasteiger partial charge in [-0.25, -0.2) is 4.79 Å². The van der Waals surface area contributed by atoms with Crippen LogP contribution in [0.2, 0.25) is 0 Å².